The highest BCUT2D eigenvalue weighted by atomic mass is 32.1. The number of hydrogen-bond donors (Lipinski definition) is 1. The number of hydrogen-bond acceptors (Lipinski definition) is 6. The average Bonchev–Trinajstić information content (AvgIpc) is 3.03. The van der Waals surface area contributed by atoms with Gasteiger partial charge in [-0.2, -0.15) is 0 Å². The fourth-order valence-corrected chi connectivity index (χ4v) is 2.71. The summed E-state index contributed by atoms with van der Waals surface area (Å²) in [6.07, 6.45) is -0.879. The van der Waals surface area contributed by atoms with E-state index < -0.39 is 12.1 Å². The fraction of sp³-hybridized carbons (Fsp3) is 0.421. The van der Waals surface area contributed by atoms with Crippen molar-refractivity contribution in [2.75, 3.05) is 6.54 Å². The molecule has 0 bridgehead atoms. The number of benzene rings is 1. The number of amides is 1. The monoisotopic (exact) mass is 376 g/mol. The van der Waals surface area contributed by atoms with Crippen LogP contribution in [0.5, 0.6) is 5.75 Å². The van der Waals surface area contributed by atoms with Gasteiger partial charge in [-0.25, -0.2) is 9.78 Å². The second-order valence-corrected chi connectivity index (χ2v) is 7.39. The maximum Gasteiger partial charge on any atom is 0.342 e. The molecule has 1 heterocycles. The summed E-state index contributed by atoms with van der Waals surface area (Å²) >= 11 is 1.54. The van der Waals surface area contributed by atoms with E-state index >= 15 is 0 Å². The third-order valence-electron chi connectivity index (χ3n) is 3.49. The first-order valence-electron chi connectivity index (χ1n) is 8.48. The molecule has 0 aliphatic heterocycles. The summed E-state index contributed by atoms with van der Waals surface area (Å²) in [6, 6.07) is 6.80. The molecule has 0 unspecified atom stereocenters. The lowest BCUT2D eigenvalue weighted by Gasteiger charge is -2.16. The summed E-state index contributed by atoms with van der Waals surface area (Å²) in [4.78, 5) is 28.8. The van der Waals surface area contributed by atoms with Crippen LogP contribution >= 0.6 is 11.3 Å². The zero-order chi connectivity index (χ0) is 19.1. The molecule has 0 saturated carbocycles. The SMILES string of the molecule is Cc1nc(COc2ccccc2C(=O)O[C@@H](C)C(=O)NCC(C)C)cs1. The number of thiazole rings is 1. The summed E-state index contributed by atoms with van der Waals surface area (Å²) in [7, 11) is 0. The summed E-state index contributed by atoms with van der Waals surface area (Å²) < 4.78 is 11.0. The van der Waals surface area contributed by atoms with Crippen LogP contribution in [0.4, 0.5) is 0 Å². The van der Waals surface area contributed by atoms with Gasteiger partial charge in [0.2, 0.25) is 0 Å². The second kappa shape index (κ2) is 9.33. The molecule has 1 aromatic carbocycles. The second-order valence-electron chi connectivity index (χ2n) is 6.33. The van der Waals surface area contributed by atoms with Crippen molar-refractivity contribution in [3.05, 3.63) is 45.9 Å². The summed E-state index contributed by atoms with van der Waals surface area (Å²) in [6.45, 7) is 8.26. The number of aromatic nitrogens is 1. The van der Waals surface area contributed by atoms with Gasteiger partial charge in [0, 0.05) is 11.9 Å². The van der Waals surface area contributed by atoms with Crippen molar-refractivity contribution in [3.63, 3.8) is 0 Å². The minimum absolute atomic E-state index is 0.263. The molecule has 7 heteroatoms. The molecule has 0 spiro atoms. The van der Waals surface area contributed by atoms with Crippen LogP contribution in [0.3, 0.4) is 0 Å². The number of esters is 1. The van der Waals surface area contributed by atoms with Crippen molar-refractivity contribution in [2.24, 2.45) is 5.92 Å². The first-order valence-corrected chi connectivity index (χ1v) is 9.36. The molecule has 0 aliphatic rings. The van der Waals surface area contributed by atoms with E-state index in [4.69, 9.17) is 9.47 Å². The van der Waals surface area contributed by atoms with Crippen LogP contribution in [0.2, 0.25) is 0 Å². The molecule has 0 fully saturated rings. The Hall–Kier alpha value is -2.41. The molecule has 0 saturated heterocycles. The normalized spacial score (nSPS) is 11.9. The number of carbonyl (C=O) groups is 2. The quantitative estimate of drug-likeness (QED) is 0.715. The van der Waals surface area contributed by atoms with Gasteiger partial charge in [0.1, 0.15) is 17.9 Å². The van der Waals surface area contributed by atoms with E-state index in [-0.39, 0.29) is 18.1 Å². The summed E-state index contributed by atoms with van der Waals surface area (Å²) in [5.74, 6) is -0.186. The fourth-order valence-electron chi connectivity index (χ4n) is 2.11. The molecule has 1 atom stereocenters. The van der Waals surface area contributed by atoms with Crippen LogP contribution in [0.15, 0.2) is 29.6 Å². The molecular formula is C19H24N2O4S. The van der Waals surface area contributed by atoms with Gasteiger partial charge < -0.3 is 14.8 Å². The maximum atomic E-state index is 12.4. The predicted octanol–water partition coefficient (Wildman–Crippen LogP) is 3.35. The zero-order valence-corrected chi connectivity index (χ0v) is 16.3. The number of rotatable bonds is 8. The first kappa shape index (κ1) is 19.9. The first-order chi connectivity index (χ1) is 12.4. The molecular weight excluding hydrogens is 352 g/mol. The Bertz CT molecular complexity index is 758. The third-order valence-corrected chi connectivity index (χ3v) is 4.31. The number of aryl methyl sites for hydroxylation is 1. The molecule has 1 N–H and O–H groups in total. The van der Waals surface area contributed by atoms with Gasteiger partial charge in [-0.15, -0.1) is 11.3 Å². The lowest BCUT2D eigenvalue weighted by Crippen LogP contribution is -2.37. The van der Waals surface area contributed by atoms with Gasteiger partial charge in [-0.3, -0.25) is 4.79 Å². The minimum atomic E-state index is -0.879. The maximum absolute atomic E-state index is 12.4. The molecule has 140 valence electrons. The van der Waals surface area contributed by atoms with Crippen LogP contribution in [0.1, 0.15) is 41.8 Å². The molecule has 6 nitrogen and oxygen atoms in total. The number of ether oxygens (including phenoxy) is 2. The van der Waals surface area contributed by atoms with Crippen molar-refractivity contribution < 1.29 is 19.1 Å². The Morgan fingerprint density at radius 3 is 2.62 bits per heavy atom. The van der Waals surface area contributed by atoms with E-state index in [2.05, 4.69) is 10.3 Å². The Labute approximate surface area is 157 Å². The molecule has 26 heavy (non-hydrogen) atoms. The Morgan fingerprint density at radius 1 is 1.23 bits per heavy atom. The number of nitrogens with one attached hydrogen (secondary N) is 1. The third kappa shape index (κ3) is 5.84. The Morgan fingerprint density at radius 2 is 1.96 bits per heavy atom. The molecule has 0 aliphatic carbocycles. The highest BCUT2D eigenvalue weighted by molar-refractivity contribution is 7.09. The lowest BCUT2D eigenvalue weighted by molar-refractivity contribution is -0.129. The van der Waals surface area contributed by atoms with Crippen LogP contribution in [0.25, 0.3) is 0 Å². The van der Waals surface area contributed by atoms with Gasteiger partial charge in [-0.05, 0) is 31.9 Å². The van der Waals surface area contributed by atoms with Crippen LogP contribution in [-0.2, 0) is 16.1 Å². The molecule has 2 rings (SSSR count). The van der Waals surface area contributed by atoms with E-state index in [0.29, 0.717) is 18.2 Å². The van der Waals surface area contributed by atoms with Crippen molar-refractivity contribution >= 4 is 23.2 Å². The zero-order valence-electron chi connectivity index (χ0n) is 15.4. The molecule has 1 amide bonds. The van der Waals surface area contributed by atoms with Crippen molar-refractivity contribution in [2.45, 2.75) is 40.4 Å². The van der Waals surface area contributed by atoms with E-state index in [1.807, 2.05) is 26.2 Å². The van der Waals surface area contributed by atoms with Gasteiger partial charge in [0.25, 0.3) is 5.91 Å². The number of nitrogens with zero attached hydrogens (tertiary/aromatic N) is 1. The summed E-state index contributed by atoms with van der Waals surface area (Å²) in [5.41, 5.74) is 1.08. The Kier molecular flexibility index (Phi) is 7.15. The summed E-state index contributed by atoms with van der Waals surface area (Å²) in [5, 5.41) is 5.62. The lowest BCUT2D eigenvalue weighted by atomic mass is 10.2. The van der Waals surface area contributed by atoms with Gasteiger partial charge >= 0.3 is 5.97 Å². The van der Waals surface area contributed by atoms with E-state index in [1.165, 1.54) is 0 Å². The largest absolute Gasteiger partial charge is 0.486 e. The topological polar surface area (TPSA) is 77.5 Å². The van der Waals surface area contributed by atoms with E-state index in [9.17, 15) is 9.59 Å². The number of carbonyl (C=O) groups excluding carboxylic acids is 2. The molecule has 2 aromatic rings. The van der Waals surface area contributed by atoms with Crippen molar-refractivity contribution in [3.8, 4) is 5.75 Å². The van der Waals surface area contributed by atoms with Gasteiger partial charge in [0.15, 0.2) is 6.10 Å². The molecule has 0 radical (unpaired) electrons. The predicted molar refractivity (Wildman–Crippen MR) is 100 cm³/mol. The highest BCUT2D eigenvalue weighted by Gasteiger charge is 2.21. The van der Waals surface area contributed by atoms with Crippen LogP contribution in [-0.4, -0.2) is 29.5 Å². The van der Waals surface area contributed by atoms with Crippen LogP contribution < -0.4 is 10.1 Å². The van der Waals surface area contributed by atoms with E-state index in [1.54, 1.807) is 42.5 Å². The van der Waals surface area contributed by atoms with Gasteiger partial charge in [0.05, 0.1) is 10.7 Å². The minimum Gasteiger partial charge on any atom is -0.486 e. The van der Waals surface area contributed by atoms with Crippen LogP contribution in [0, 0.1) is 12.8 Å². The van der Waals surface area contributed by atoms with Gasteiger partial charge in [-0.1, -0.05) is 26.0 Å². The average molecular weight is 376 g/mol. The van der Waals surface area contributed by atoms with Crippen molar-refractivity contribution in [1.29, 1.82) is 0 Å². The van der Waals surface area contributed by atoms with E-state index in [0.717, 1.165) is 10.7 Å². The number of para-hydroxylation sites is 1. The smallest absolute Gasteiger partial charge is 0.342 e. The molecule has 1 aromatic heterocycles. The standard InChI is InChI=1S/C19H24N2O4S/c1-12(2)9-20-18(22)13(3)25-19(23)16-7-5-6-8-17(16)24-10-15-11-26-14(4)21-15/h5-8,11-13H,9-10H2,1-4H3,(H,20,22)/t13-/m0/s1. The Balaban J connectivity index is 1.98. The highest BCUT2D eigenvalue weighted by Crippen LogP contribution is 2.21. The van der Waals surface area contributed by atoms with Crippen molar-refractivity contribution in [1.82, 2.24) is 10.3 Å².